The summed E-state index contributed by atoms with van der Waals surface area (Å²) in [6, 6.07) is 0. The van der Waals surface area contributed by atoms with Crippen molar-refractivity contribution in [1.82, 2.24) is 0 Å². The van der Waals surface area contributed by atoms with Gasteiger partial charge in [0.15, 0.2) is 12.4 Å². The summed E-state index contributed by atoms with van der Waals surface area (Å²) in [4.78, 5) is 25.5. The SMILES string of the molecule is CCCCC/C=C/C/C=C/CCCCCCCCCCCC(=O)O[C@H](COC(=O)CCCCCCC/C=C/CCCCCCCC)CO[C@H]1O[C@H](CS(=O)(=O)O)[C@@H](O)C(O)C1O. The molecule has 0 aromatic carbocycles. The lowest BCUT2D eigenvalue weighted by Crippen LogP contribution is -2.60. The maximum atomic E-state index is 12.8. The number of carbonyl (C=O) groups is 2. The van der Waals surface area contributed by atoms with E-state index >= 15 is 0 Å². The largest absolute Gasteiger partial charge is 0.462 e. The molecule has 1 saturated heterocycles. The Morgan fingerprint density at radius 3 is 1.47 bits per heavy atom. The molecule has 0 aromatic heterocycles. The van der Waals surface area contributed by atoms with Gasteiger partial charge in [-0.1, -0.05) is 159 Å². The number of aliphatic hydroxyl groups is 3. The highest BCUT2D eigenvalue weighted by atomic mass is 32.2. The van der Waals surface area contributed by atoms with Gasteiger partial charge in [0.1, 0.15) is 36.8 Å². The average molecular weight is 901 g/mol. The molecule has 0 aliphatic carbocycles. The fourth-order valence-corrected chi connectivity index (χ4v) is 8.04. The Morgan fingerprint density at radius 1 is 0.548 bits per heavy atom. The van der Waals surface area contributed by atoms with Crippen molar-refractivity contribution >= 4 is 22.1 Å². The average Bonchev–Trinajstić information content (AvgIpc) is 3.24. The summed E-state index contributed by atoms with van der Waals surface area (Å²) in [7, 11) is -4.60. The van der Waals surface area contributed by atoms with Crippen molar-refractivity contribution in [3.8, 4) is 0 Å². The molecule has 12 nitrogen and oxygen atoms in total. The summed E-state index contributed by atoms with van der Waals surface area (Å²) >= 11 is 0. The van der Waals surface area contributed by atoms with Gasteiger partial charge in [-0.3, -0.25) is 14.1 Å². The molecule has 6 atom stereocenters. The fraction of sp³-hybridized carbons (Fsp3) is 0.837. The first-order valence-corrected chi connectivity index (χ1v) is 26.2. The van der Waals surface area contributed by atoms with Crippen LogP contribution in [0.25, 0.3) is 0 Å². The van der Waals surface area contributed by atoms with Crippen LogP contribution >= 0.6 is 0 Å². The fourth-order valence-electron chi connectivity index (χ4n) is 7.35. The van der Waals surface area contributed by atoms with Gasteiger partial charge in [-0.15, -0.1) is 0 Å². The van der Waals surface area contributed by atoms with Crippen LogP contribution in [0.1, 0.15) is 206 Å². The third-order valence-corrected chi connectivity index (χ3v) is 11.9. The number of hydrogen-bond acceptors (Lipinski definition) is 11. The zero-order valence-electron chi connectivity index (χ0n) is 38.7. The van der Waals surface area contributed by atoms with Crippen molar-refractivity contribution in [2.45, 2.75) is 243 Å². The minimum atomic E-state index is -4.60. The standard InChI is InChI=1S/C49H88O12S/c1-3-5-7-9-11-13-15-17-19-20-21-22-24-26-28-30-32-34-36-38-45(51)60-42(40-59-49-48(54)47(53)46(52)43(61-49)41-62(55,56)57)39-58-44(50)37-35-33-31-29-27-25-23-18-16-14-12-10-8-6-4-2/h11,13,17-19,23,42-43,46-49,52-54H,3-10,12,14-16,20-22,24-41H2,1-2H3,(H,55,56,57)/b13-11+,19-17+,23-18+/t42-,43-,46-,47?,48?,49+/m1/s1. The number of esters is 2. The molecule has 4 N–H and O–H groups in total. The van der Waals surface area contributed by atoms with Gasteiger partial charge < -0.3 is 34.3 Å². The molecule has 0 aromatic rings. The molecule has 1 heterocycles. The zero-order valence-corrected chi connectivity index (χ0v) is 39.5. The van der Waals surface area contributed by atoms with E-state index in [0.717, 1.165) is 77.0 Å². The number of aliphatic hydroxyl groups excluding tert-OH is 3. The first kappa shape index (κ1) is 57.9. The number of allylic oxidation sites excluding steroid dienone is 6. The van der Waals surface area contributed by atoms with Gasteiger partial charge >= 0.3 is 11.9 Å². The van der Waals surface area contributed by atoms with Crippen LogP contribution in [0.2, 0.25) is 0 Å². The zero-order chi connectivity index (χ0) is 45.5. The molecule has 1 fully saturated rings. The molecule has 13 heteroatoms. The van der Waals surface area contributed by atoms with E-state index in [1.54, 1.807) is 0 Å². The van der Waals surface area contributed by atoms with Crippen molar-refractivity contribution in [3.63, 3.8) is 0 Å². The summed E-state index contributed by atoms with van der Waals surface area (Å²) in [5, 5.41) is 30.9. The second-order valence-electron chi connectivity index (χ2n) is 17.1. The van der Waals surface area contributed by atoms with Crippen LogP contribution < -0.4 is 0 Å². The van der Waals surface area contributed by atoms with Crippen LogP contribution in [0.4, 0.5) is 0 Å². The smallest absolute Gasteiger partial charge is 0.306 e. The molecular weight excluding hydrogens is 813 g/mol. The van der Waals surface area contributed by atoms with Gasteiger partial charge in [-0.25, -0.2) is 0 Å². The lowest BCUT2D eigenvalue weighted by Gasteiger charge is -2.40. The Hall–Kier alpha value is -2.13. The summed E-state index contributed by atoms with van der Waals surface area (Å²) in [5.74, 6) is -1.99. The predicted octanol–water partition coefficient (Wildman–Crippen LogP) is 10.6. The normalized spacial score (nSPS) is 20.1. The van der Waals surface area contributed by atoms with Gasteiger partial charge in [0.05, 0.1) is 6.61 Å². The van der Waals surface area contributed by atoms with Crippen molar-refractivity contribution in [3.05, 3.63) is 36.5 Å². The monoisotopic (exact) mass is 901 g/mol. The first-order valence-electron chi connectivity index (χ1n) is 24.5. The second kappa shape index (κ2) is 39.3. The highest BCUT2D eigenvalue weighted by Gasteiger charge is 2.46. The van der Waals surface area contributed by atoms with Crippen LogP contribution in [0.5, 0.6) is 0 Å². The van der Waals surface area contributed by atoms with Crippen LogP contribution in [0.3, 0.4) is 0 Å². The van der Waals surface area contributed by atoms with Crippen LogP contribution in [0, 0.1) is 0 Å². The van der Waals surface area contributed by atoms with Crippen molar-refractivity contribution in [2.24, 2.45) is 0 Å². The van der Waals surface area contributed by atoms with Gasteiger partial charge in [0.2, 0.25) is 0 Å². The van der Waals surface area contributed by atoms with E-state index in [4.69, 9.17) is 18.9 Å². The van der Waals surface area contributed by atoms with Crippen LogP contribution in [-0.2, 0) is 38.7 Å². The number of carbonyl (C=O) groups excluding carboxylic acids is 2. The summed E-state index contributed by atoms with van der Waals surface area (Å²) in [6.07, 6.45) is 36.1. The summed E-state index contributed by atoms with van der Waals surface area (Å²) in [6.45, 7) is 3.73. The molecule has 0 saturated carbocycles. The molecule has 0 spiro atoms. The highest BCUT2D eigenvalue weighted by Crippen LogP contribution is 2.24. The van der Waals surface area contributed by atoms with Crippen molar-refractivity contribution in [2.75, 3.05) is 19.0 Å². The number of ether oxygens (including phenoxy) is 4. The lowest BCUT2D eigenvalue weighted by atomic mass is 10.00. The molecule has 1 aliphatic heterocycles. The topological polar surface area (TPSA) is 186 Å². The van der Waals surface area contributed by atoms with Gasteiger partial charge in [-0.2, -0.15) is 8.42 Å². The molecule has 62 heavy (non-hydrogen) atoms. The Labute approximate surface area is 376 Å². The number of rotatable bonds is 41. The Morgan fingerprint density at radius 2 is 0.968 bits per heavy atom. The molecule has 0 radical (unpaired) electrons. The van der Waals surface area contributed by atoms with E-state index in [1.165, 1.54) is 89.9 Å². The van der Waals surface area contributed by atoms with Gasteiger partial charge in [0.25, 0.3) is 10.1 Å². The molecule has 362 valence electrons. The summed E-state index contributed by atoms with van der Waals surface area (Å²) in [5.41, 5.74) is 0. The van der Waals surface area contributed by atoms with E-state index in [1.807, 2.05) is 0 Å². The third kappa shape index (κ3) is 33.4. The maximum Gasteiger partial charge on any atom is 0.306 e. The highest BCUT2D eigenvalue weighted by molar-refractivity contribution is 7.85. The van der Waals surface area contributed by atoms with Crippen LogP contribution in [-0.4, -0.2) is 96.0 Å². The molecule has 1 rings (SSSR count). The molecule has 0 bridgehead atoms. The molecule has 2 unspecified atom stereocenters. The minimum absolute atomic E-state index is 0.158. The molecular formula is C49H88O12S. The van der Waals surface area contributed by atoms with Crippen molar-refractivity contribution in [1.29, 1.82) is 0 Å². The van der Waals surface area contributed by atoms with Gasteiger partial charge in [0, 0.05) is 12.8 Å². The van der Waals surface area contributed by atoms with E-state index in [2.05, 4.69) is 50.3 Å². The third-order valence-electron chi connectivity index (χ3n) is 11.2. The predicted molar refractivity (Wildman–Crippen MR) is 247 cm³/mol. The quantitative estimate of drug-likeness (QED) is 0.0197. The maximum absolute atomic E-state index is 12.8. The summed E-state index contributed by atoms with van der Waals surface area (Å²) < 4.78 is 54.2. The van der Waals surface area contributed by atoms with Crippen LogP contribution in [0.15, 0.2) is 36.5 Å². The minimum Gasteiger partial charge on any atom is -0.462 e. The van der Waals surface area contributed by atoms with Crippen molar-refractivity contribution < 1.29 is 56.8 Å². The Bertz CT molecular complexity index is 1290. The van der Waals surface area contributed by atoms with Gasteiger partial charge in [-0.05, 0) is 70.6 Å². The van der Waals surface area contributed by atoms with E-state index in [0.29, 0.717) is 12.8 Å². The first-order chi connectivity index (χ1) is 30.0. The second-order valence-corrected chi connectivity index (χ2v) is 18.6. The Balaban J connectivity index is 2.41. The molecule has 1 aliphatic rings. The lowest BCUT2D eigenvalue weighted by molar-refractivity contribution is -0.297. The number of unbranched alkanes of at least 4 members (excludes halogenated alkanes) is 23. The number of hydrogen-bond donors (Lipinski definition) is 4. The van der Waals surface area contributed by atoms with E-state index in [9.17, 15) is 37.9 Å². The van der Waals surface area contributed by atoms with E-state index in [-0.39, 0.29) is 19.4 Å². The Kier molecular flexibility index (Phi) is 36.6. The van der Waals surface area contributed by atoms with E-state index < -0.39 is 71.2 Å². The molecule has 0 amide bonds.